The summed E-state index contributed by atoms with van der Waals surface area (Å²) in [6.45, 7) is 1.75. The summed E-state index contributed by atoms with van der Waals surface area (Å²) in [6, 6.07) is 14.2. The van der Waals surface area contributed by atoms with Gasteiger partial charge in [0.2, 0.25) is 5.13 Å². The van der Waals surface area contributed by atoms with Gasteiger partial charge < -0.3 is 5.11 Å². The monoisotopic (exact) mass is 455 g/mol. The summed E-state index contributed by atoms with van der Waals surface area (Å²) < 4.78 is 2.35. The number of halogens is 1. The predicted molar refractivity (Wildman–Crippen MR) is 112 cm³/mol. The zero-order valence-electron chi connectivity index (χ0n) is 14.6. The number of aryl methyl sites for hydroxylation is 1. The van der Waals surface area contributed by atoms with Crippen LogP contribution in [0.25, 0.3) is 16.4 Å². The summed E-state index contributed by atoms with van der Waals surface area (Å²) in [5.41, 5.74) is 2.65. The average Bonchev–Trinajstić information content (AvgIpc) is 3.26. The predicted octanol–water partition coefficient (Wildman–Crippen LogP) is 5.48. The Hall–Kier alpha value is -3.04. The van der Waals surface area contributed by atoms with Gasteiger partial charge in [-0.2, -0.15) is 9.80 Å². The Balaban J connectivity index is 1.66. The van der Waals surface area contributed by atoms with E-state index >= 15 is 0 Å². The smallest absolute Gasteiger partial charge is 0.301 e. The molecule has 4 rings (SSSR count). The van der Waals surface area contributed by atoms with Gasteiger partial charge in [-0.3, -0.25) is 9.89 Å². The van der Waals surface area contributed by atoms with E-state index in [4.69, 9.17) is 0 Å². The van der Waals surface area contributed by atoms with Crippen LogP contribution in [0.2, 0.25) is 0 Å². The molecule has 140 valence electrons. The van der Waals surface area contributed by atoms with Crippen LogP contribution in [-0.2, 0) is 0 Å². The van der Waals surface area contributed by atoms with Crippen LogP contribution in [-0.4, -0.2) is 19.9 Å². The number of hydrogen-bond acceptors (Lipinski definition) is 6. The second-order valence-electron chi connectivity index (χ2n) is 5.97. The number of azo groups is 1. The summed E-state index contributed by atoms with van der Waals surface area (Å²) in [6.07, 6.45) is 0. The fourth-order valence-electron chi connectivity index (χ4n) is 2.57. The molecule has 0 bridgehead atoms. The number of aromatic amines is 1. The molecule has 28 heavy (non-hydrogen) atoms. The van der Waals surface area contributed by atoms with Crippen molar-refractivity contribution in [1.82, 2.24) is 14.8 Å². The molecule has 0 saturated heterocycles. The molecule has 0 aliphatic carbocycles. The lowest BCUT2D eigenvalue weighted by Crippen LogP contribution is -2.13. The van der Waals surface area contributed by atoms with Gasteiger partial charge in [-0.1, -0.05) is 34.1 Å². The van der Waals surface area contributed by atoms with E-state index in [1.54, 1.807) is 25.1 Å². The highest BCUT2D eigenvalue weighted by molar-refractivity contribution is 9.10. The molecule has 0 saturated carbocycles. The average molecular weight is 456 g/mol. The number of nitrogens with one attached hydrogen (secondary N) is 1. The van der Waals surface area contributed by atoms with E-state index in [2.05, 4.69) is 36.2 Å². The zero-order chi connectivity index (χ0) is 19.7. The topological polar surface area (TPSA) is 95.6 Å². The van der Waals surface area contributed by atoms with Crippen LogP contribution in [0.15, 0.2) is 73.4 Å². The Morgan fingerprint density at radius 1 is 1.18 bits per heavy atom. The maximum Gasteiger partial charge on any atom is 0.301 e. The van der Waals surface area contributed by atoms with Crippen molar-refractivity contribution in [3.05, 3.63) is 74.4 Å². The summed E-state index contributed by atoms with van der Waals surface area (Å²) in [7, 11) is 0. The second kappa shape index (κ2) is 7.53. The fourth-order valence-corrected chi connectivity index (χ4v) is 3.63. The minimum absolute atomic E-state index is 0.0860. The Morgan fingerprint density at radius 3 is 2.71 bits per heavy atom. The van der Waals surface area contributed by atoms with Crippen molar-refractivity contribution in [3.63, 3.8) is 0 Å². The lowest BCUT2D eigenvalue weighted by atomic mass is 10.2. The molecule has 4 aromatic rings. The van der Waals surface area contributed by atoms with E-state index in [9.17, 15) is 9.90 Å². The first-order chi connectivity index (χ1) is 13.5. The molecule has 0 spiro atoms. The molecule has 0 aliphatic rings. The van der Waals surface area contributed by atoms with Crippen LogP contribution in [0.3, 0.4) is 0 Å². The second-order valence-corrected chi connectivity index (χ2v) is 7.72. The van der Waals surface area contributed by atoms with Gasteiger partial charge in [-0.05, 0) is 31.2 Å². The van der Waals surface area contributed by atoms with Crippen molar-refractivity contribution in [2.75, 3.05) is 0 Å². The Labute approximate surface area is 172 Å². The van der Waals surface area contributed by atoms with Crippen molar-refractivity contribution in [3.8, 4) is 22.1 Å². The van der Waals surface area contributed by atoms with Gasteiger partial charge in [0.15, 0.2) is 5.69 Å². The number of hydrogen-bond donors (Lipinski definition) is 2. The first kappa shape index (κ1) is 18.3. The van der Waals surface area contributed by atoms with Gasteiger partial charge in [0.25, 0.3) is 0 Å². The molecule has 0 atom stereocenters. The molecule has 0 fully saturated rings. The van der Waals surface area contributed by atoms with Crippen molar-refractivity contribution in [1.29, 1.82) is 0 Å². The van der Waals surface area contributed by atoms with Crippen LogP contribution < -0.4 is 5.56 Å². The third-order valence-electron chi connectivity index (χ3n) is 3.96. The number of aromatic hydroxyl groups is 1. The fraction of sp³-hybridized carbons (Fsp3) is 0.0526. The van der Waals surface area contributed by atoms with Gasteiger partial charge in [-0.15, -0.1) is 16.5 Å². The molecule has 2 aromatic carbocycles. The summed E-state index contributed by atoms with van der Waals surface area (Å²) in [5, 5.41) is 23.0. The standard InChI is InChI=1S/C19H14BrN5O2S/c1-11-17(23-22-14-3-2-4-15(26)9-14)18(27)25(24-11)19-21-16(10-28-19)12-5-7-13(20)8-6-12/h2-10,24,26H,1H3. The van der Waals surface area contributed by atoms with Crippen molar-refractivity contribution in [2.24, 2.45) is 10.2 Å². The highest BCUT2D eigenvalue weighted by Crippen LogP contribution is 2.26. The number of phenolic OH excluding ortho intramolecular Hbond substituents is 1. The van der Waals surface area contributed by atoms with Crippen LogP contribution in [0.1, 0.15) is 5.69 Å². The van der Waals surface area contributed by atoms with E-state index in [-0.39, 0.29) is 17.0 Å². The largest absolute Gasteiger partial charge is 0.508 e. The quantitative estimate of drug-likeness (QED) is 0.398. The Bertz CT molecular complexity index is 1220. The first-order valence-electron chi connectivity index (χ1n) is 8.25. The number of phenols is 1. The molecule has 0 aliphatic heterocycles. The number of rotatable bonds is 4. The minimum atomic E-state index is -0.335. The van der Waals surface area contributed by atoms with Gasteiger partial charge in [0.05, 0.1) is 17.1 Å². The van der Waals surface area contributed by atoms with Crippen molar-refractivity contribution in [2.45, 2.75) is 6.92 Å². The number of benzene rings is 2. The van der Waals surface area contributed by atoms with E-state index in [0.717, 1.165) is 15.7 Å². The molecule has 2 heterocycles. The number of nitrogens with zero attached hydrogens (tertiary/aromatic N) is 4. The number of thiazole rings is 1. The van der Waals surface area contributed by atoms with Gasteiger partial charge in [-0.25, -0.2) is 4.98 Å². The lowest BCUT2D eigenvalue weighted by molar-refractivity contribution is 0.475. The Kier molecular flexibility index (Phi) is 4.93. The first-order valence-corrected chi connectivity index (χ1v) is 9.93. The highest BCUT2D eigenvalue weighted by Gasteiger charge is 2.15. The normalized spacial score (nSPS) is 11.4. The molecule has 2 aromatic heterocycles. The number of H-pyrrole nitrogens is 1. The molecule has 7 nitrogen and oxygen atoms in total. The third-order valence-corrected chi connectivity index (χ3v) is 5.31. The van der Waals surface area contributed by atoms with Crippen LogP contribution >= 0.6 is 27.3 Å². The van der Waals surface area contributed by atoms with Gasteiger partial charge >= 0.3 is 5.56 Å². The van der Waals surface area contributed by atoms with Crippen LogP contribution in [0.4, 0.5) is 11.4 Å². The SMILES string of the molecule is Cc1[nH]n(-c2nc(-c3ccc(Br)cc3)cs2)c(=O)c1N=Nc1cccc(O)c1. The van der Waals surface area contributed by atoms with Gasteiger partial charge in [0, 0.05) is 21.5 Å². The zero-order valence-corrected chi connectivity index (χ0v) is 17.0. The van der Waals surface area contributed by atoms with Crippen molar-refractivity contribution < 1.29 is 5.11 Å². The summed E-state index contributed by atoms with van der Waals surface area (Å²) in [4.78, 5) is 17.3. The summed E-state index contributed by atoms with van der Waals surface area (Å²) >= 11 is 4.77. The van der Waals surface area contributed by atoms with Crippen molar-refractivity contribution >= 4 is 38.6 Å². The lowest BCUT2D eigenvalue weighted by Gasteiger charge is -1.97. The maximum absolute atomic E-state index is 12.8. The molecular formula is C19H14BrN5O2S. The van der Waals surface area contributed by atoms with Crippen LogP contribution in [0.5, 0.6) is 5.75 Å². The summed E-state index contributed by atoms with van der Waals surface area (Å²) in [5.74, 6) is 0.0860. The van der Waals surface area contributed by atoms with Crippen LogP contribution in [0, 0.1) is 6.92 Å². The molecule has 0 amide bonds. The third kappa shape index (κ3) is 3.67. The molecule has 9 heteroatoms. The van der Waals surface area contributed by atoms with Gasteiger partial charge in [0.1, 0.15) is 5.75 Å². The molecule has 0 unspecified atom stereocenters. The minimum Gasteiger partial charge on any atom is -0.508 e. The van der Waals surface area contributed by atoms with E-state index in [1.807, 2.05) is 29.6 Å². The molecule has 2 N–H and O–H groups in total. The Morgan fingerprint density at radius 2 is 1.96 bits per heavy atom. The molecule has 0 radical (unpaired) electrons. The molecular weight excluding hydrogens is 442 g/mol. The van der Waals surface area contributed by atoms with E-state index < -0.39 is 0 Å². The number of aromatic nitrogens is 3. The van der Waals surface area contributed by atoms with E-state index in [0.29, 0.717) is 16.5 Å². The highest BCUT2D eigenvalue weighted by atomic mass is 79.9. The maximum atomic E-state index is 12.8. The van der Waals surface area contributed by atoms with E-state index in [1.165, 1.54) is 22.1 Å².